The average Bonchev–Trinajstić information content (AvgIpc) is 3.04. The summed E-state index contributed by atoms with van der Waals surface area (Å²) >= 11 is 0. The summed E-state index contributed by atoms with van der Waals surface area (Å²) in [5, 5.41) is 11.7. The summed E-state index contributed by atoms with van der Waals surface area (Å²) in [6, 6.07) is 6.42. The minimum atomic E-state index is -0.990. The molecule has 0 saturated carbocycles. The Hall–Kier alpha value is -1.92. The predicted molar refractivity (Wildman–Crippen MR) is 84.5 cm³/mol. The Labute approximate surface area is 135 Å². The van der Waals surface area contributed by atoms with Crippen LogP contribution in [0.15, 0.2) is 24.3 Å². The summed E-state index contributed by atoms with van der Waals surface area (Å²) < 4.78 is 11.0. The van der Waals surface area contributed by atoms with Gasteiger partial charge >= 0.3 is 5.97 Å². The van der Waals surface area contributed by atoms with Crippen LogP contribution in [0.25, 0.3) is 0 Å². The molecule has 1 saturated heterocycles. The standard InChI is InChI=1S/C17H23NO5/c19-16(11-13-4-1-5-14(10-13)17(20)21)18-7-3-8-22-12-15-6-2-9-23-15/h1,4-5,10,15H,2-3,6-9,11-12H2,(H,18,19)(H,20,21). The monoisotopic (exact) mass is 321 g/mol. The lowest BCUT2D eigenvalue weighted by atomic mass is 10.1. The van der Waals surface area contributed by atoms with Gasteiger partial charge in [-0.15, -0.1) is 0 Å². The number of carbonyl (C=O) groups is 2. The minimum Gasteiger partial charge on any atom is -0.478 e. The first-order valence-corrected chi connectivity index (χ1v) is 7.93. The Morgan fingerprint density at radius 2 is 2.26 bits per heavy atom. The minimum absolute atomic E-state index is 0.119. The molecule has 6 heteroatoms. The molecule has 1 aromatic carbocycles. The fourth-order valence-electron chi connectivity index (χ4n) is 2.45. The highest BCUT2D eigenvalue weighted by molar-refractivity contribution is 5.88. The molecule has 6 nitrogen and oxygen atoms in total. The van der Waals surface area contributed by atoms with Gasteiger partial charge in [-0.25, -0.2) is 4.79 Å². The molecule has 1 atom stereocenters. The van der Waals surface area contributed by atoms with Crippen molar-refractivity contribution in [2.24, 2.45) is 0 Å². The zero-order valence-electron chi connectivity index (χ0n) is 13.1. The van der Waals surface area contributed by atoms with Crippen molar-refractivity contribution < 1.29 is 24.2 Å². The van der Waals surface area contributed by atoms with E-state index in [9.17, 15) is 9.59 Å². The van der Waals surface area contributed by atoms with Crippen molar-refractivity contribution >= 4 is 11.9 Å². The van der Waals surface area contributed by atoms with Gasteiger partial charge in [-0.2, -0.15) is 0 Å². The average molecular weight is 321 g/mol. The fourth-order valence-corrected chi connectivity index (χ4v) is 2.45. The zero-order valence-corrected chi connectivity index (χ0v) is 13.1. The van der Waals surface area contributed by atoms with E-state index in [0.717, 1.165) is 25.9 Å². The number of carbonyl (C=O) groups excluding carboxylic acids is 1. The van der Waals surface area contributed by atoms with Crippen LogP contribution in [0.2, 0.25) is 0 Å². The molecule has 126 valence electrons. The van der Waals surface area contributed by atoms with Crippen molar-refractivity contribution in [1.29, 1.82) is 0 Å². The molecule has 0 radical (unpaired) electrons. The van der Waals surface area contributed by atoms with Crippen LogP contribution >= 0.6 is 0 Å². The first-order chi connectivity index (χ1) is 11.1. The zero-order chi connectivity index (χ0) is 16.5. The van der Waals surface area contributed by atoms with Gasteiger partial charge in [-0.3, -0.25) is 4.79 Å². The number of carboxylic acids is 1. The molecule has 2 rings (SSSR count). The largest absolute Gasteiger partial charge is 0.478 e. The lowest BCUT2D eigenvalue weighted by Gasteiger charge is -2.10. The van der Waals surface area contributed by atoms with Crippen LogP contribution < -0.4 is 5.32 Å². The van der Waals surface area contributed by atoms with E-state index in [0.29, 0.717) is 25.3 Å². The normalized spacial score (nSPS) is 17.1. The molecule has 1 aliphatic heterocycles. The Balaban J connectivity index is 1.57. The smallest absolute Gasteiger partial charge is 0.335 e. The van der Waals surface area contributed by atoms with Crippen molar-refractivity contribution in [3.8, 4) is 0 Å². The van der Waals surface area contributed by atoms with Gasteiger partial charge in [-0.1, -0.05) is 12.1 Å². The summed E-state index contributed by atoms with van der Waals surface area (Å²) in [5.74, 6) is -1.11. The van der Waals surface area contributed by atoms with Gasteiger partial charge in [0.1, 0.15) is 0 Å². The molecular formula is C17H23NO5. The third-order valence-corrected chi connectivity index (χ3v) is 3.65. The van der Waals surface area contributed by atoms with Crippen LogP contribution in [0, 0.1) is 0 Å². The molecule has 1 fully saturated rings. The van der Waals surface area contributed by atoms with E-state index >= 15 is 0 Å². The van der Waals surface area contributed by atoms with E-state index in [1.54, 1.807) is 12.1 Å². The van der Waals surface area contributed by atoms with Gasteiger partial charge in [0.25, 0.3) is 0 Å². The summed E-state index contributed by atoms with van der Waals surface area (Å²) in [6.45, 7) is 2.58. The summed E-state index contributed by atoms with van der Waals surface area (Å²) in [5.41, 5.74) is 0.884. The molecule has 2 N–H and O–H groups in total. The Kier molecular flexibility index (Phi) is 7.03. The van der Waals surface area contributed by atoms with E-state index in [1.807, 2.05) is 0 Å². The second kappa shape index (κ2) is 9.27. The number of ether oxygens (including phenoxy) is 2. The first-order valence-electron chi connectivity index (χ1n) is 7.93. The maximum absolute atomic E-state index is 11.8. The third kappa shape index (κ3) is 6.38. The molecule has 1 aliphatic rings. The predicted octanol–water partition coefficient (Wildman–Crippen LogP) is 1.63. The lowest BCUT2D eigenvalue weighted by molar-refractivity contribution is -0.120. The summed E-state index contributed by atoms with van der Waals surface area (Å²) in [6.07, 6.45) is 3.32. The number of hydrogen-bond acceptors (Lipinski definition) is 4. The van der Waals surface area contributed by atoms with Gasteiger partial charge in [0.05, 0.1) is 24.7 Å². The summed E-state index contributed by atoms with van der Waals surface area (Å²) in [7, 11) is 0. The topological polar surface area (TPSA) is 84.9 Å². The second-order valence-corrected chi connectivity index (χ2v) is 5.60. The summed E-state index contributed by atoms with van der Waals surface area (Å²) in [4.78, 5) is 22.7. The molecular weight excluding hydrogens is 298 g/mol. The van der Waals surface area contributed by atoms with Crippen molar-refractivity contribution in [2.45, 2.75) is 31.8 Å². The third-order valence-electron chi connectivity index (χ3n) is 3.65. The number of benzene rings is 1. The number of aromatic carboxylic acids is 1. The van der Waals surface area contributed by atoms with Crippen LogP contribution in [-0.4, -0.2) is 49.5 Å². The molecule has 1 unspecified atom stereocenters. The molecule has 1 amide bonds. The van der Waals surface area contributed by atoms with E-state index in [-0.39, 0.29) is 24.0 Å². The highest BCUT2D eigenvalue weighted by atomic mass is 16.5. The second-order valence-electron chi connectivity index (χ2n) is 5.60. The van der Waals surface area contributed by atoms with E-state index < -0.39 is 5.97 Å². The highest BCUT2D eigenvalue weighted by Gasteiger charge is 2.14. The van der Waals surface area contributed by atoms with Gasteiger partial charge in [-0.05, 0) is 37.0 Å². The van der Waals surface area contributed by atoms with E-state index in [1.165, 1.54) is 12.1 Å². The van der Waals surface area contributed by atoms with Crippen LogP contribution in [-0.2, 0) is 20.7 Å². The Morgan fingerprint density at radius 1 is 1.39 bits per heavy atom. The number of nitrogens with one attached hydrogen (secondary N) is 1. The van der Waals surface area contributed by atoms with Crippen LogP contribution in [0.3, 0.4) is 0 Å². The SMILES string of the molecule is O=C(Cc1cccc(C(=O)O)c1)NCCCOCC1CCCO1. The fraction of sp³-hybridized carbons (Fsp3) is 0.529. The molecule has 0 bridgehead atoms. The van der Waals surface area contributed by atoms with Gasteiger partial charge < -0.3 is 19.9 Å². The van der Waals surface area contributed by atoms with Gasteiger partial charge in [0.15, 0.2) is 0 Å². The van der Waals surface area contributed by atoms with Crippen LogP contribution in [0.1, 0.15) is 35.2 Å². The Morgan fingerprint density at radius 3 is 3.00 bits per heavy atom. The molecule has 23 heavy (non-hydrogen) atoms. The quantitative estimate of drug-likeness (QED) is 0.675. The van der Waals surface area contributed by atoms with Crippen LogP contribution in [0.4, 0.5) is 0 Å². The van der Waals surface area contributed by atoms with Gasteiger partial charge in [0.2, 0.25) is 5.91 Å². The first kappa shape index (κ1) is 17.4. The number of carboxylic acid groups (broad SMARTS) is 1. The van der Waals surface area contributed by atoms with E-state index in [4.69, 9.17) is 14.6 Å². The number of amides is 1. The maximum atomic E-state index is 11.8. The van der Waals surface area contributed by atoms with Crippen molar-refractivity contribution in [3.63, 3.8) is 0 Å². The number of rotatable bonds is 9. The van der Waals surface area contributed by atoms with Crippen LogP contribution in [0.5, 0.6) is 0 Å². The molecule has 1 aromatic rings. The van der Waals surface area contributed by atoms with Gasteiger partial charge in [0, 0.05) is 19.8 Å². The molecule has 1 heterocycles. The van der Waals surface area contributed by atoms with Crippen molar-refractivity contribution in [2.75, 3.05) is 26.4 Å². The lowest BCUT2D eigenvalue weighted by Crippen LogP contribution is -2.27. The highest BCUT2D eigenvalue weighted by Crippen LogP contribution is 2.11. The Bertz CT molecular complexity index is 525. The number of hydrogen-bond donors (Lipinski definition) is 2. The van der Waals surface area contributed by atoms with Crippen molar-refractivity contribution in [3.05, 3.63) is 35.4 Å². The van der Waals surface area contributed by atoms with Crippen molar-refractivity contribution in [1.82, 2.24) is 5.32 Å². The maximum Gasteiger partial charge on any atom is 0.335 e. The molecule has 0 aliphatic carbocycles. The molecule has 0 aromatic heterocycles. The molecule has 0 spiro atoms. The van der Waals surface area contributed by atoms with E-state index in [2.05, 4.69) is 5.32 Å².